The number of anilines is 1. The summed E-state index contributed by atoms with van der Waals surface area (Å²) in [5, 5.41) is 0. The van der Waals surface area contributed by atoms with E-state index in [1.54, 1.807) is 31.2 Å². The van der Waals surface area contributed by atoms with Crippen LogP contribution in [0.1, 0.15) is 18.9 Å². The number of carbonyl (C=O) groups excluding carboxylic acids is 1. The van der Waals surface area contributed by atoms with E-state index in [1.807, 2.05) is 0 Å². The molecule has 106 valence electrons. The number of ether oxygens (including phenoxy) is 1. The Labute approximate surface area is 113 Å². The first-order valence-corrected chi connectivity index (χ1v) is 7.56. The molecule has 1 rings (SSSR count). The molecule has 0 fully saturated rings. The average Bonchev–Trinajstić information content (AvgIpc) is 2.36. The number of nitrogens with two attached hydrogens (primary N) is 1. The molecule has 1 aromatic rings. The summed E-state index contributed by atoms with van der Waals surface area (Å²) in [6.07, 6.45) is -0.159. The first-order valence-electron chi connectivity index (χ1n) is 5.91. The number of hydrogen-bond acceptors (Lipinski definition) is 5. The number of carbonyl (C=O) groups is 1. The van der Waals surface area contributed by atoms with Crippen LogP contribution in [0, 0.1) is 0 Å². The Kier molecular flexibility index (Phi) is 5.78. The van der Waals surface area contributed by atoms with Gasteiger partial charge < -0.3 is 10.5 Å². The highest BCUT2D eigenvalue weighted by Gasteiger charge is 2.14. The van der Waals surface area contributed by atoms with Crippen molar-refractivity contribution in [3.8, 4) is 0 Å². The topological polar surface area (TPSA) is 98.5 Å². The van der Waals surface area contributed by atoms with Gasteiger partial charge in [0.15, 0.2) is 0 Å². The van der Waals surface area contributed by atoms with Crippen LogP contribution in [0.5, 0.6) is 0 Å². The minimum absolute atomic E-state index is 0.109. The molecule has 0 aliphatic rings. The fraction of sp³-hybridized carbons (Fsp3) is 0.417. The standard InChI is InChI=1S/C12H18N2O4S/c1-2-18-12(15)7-8-19(16,17)14-9-10-5-3-4-6-11(10)13/h3-6,14H,2,7-9,13H2,1H3. The molecule has 0 amide bonds. The predicted octanol–water partition coefficient (Wildman–Crippen LogP) is 0.641. The predicted molar refractivity (Wildman–Crippen MR) is 72.7 cm³/mol. The molecule has 0 bridgehead atoms. The summed E-state index contributed by atoms with van der Waals surface area (Å²) in [5.41, 5.74) is 6.92. The number of nitrogens with one attached hydrogen (secondary N) is 1. The quantitative estimate of drug-likeness (QED) is 0.566. The molecule has 0 aromatic heterocycles. The van der Waals surface area contributed by atoms with Crippen molar-refractivity contribution >= 4 is 21.7 Å². The van der Waals surface area contributed by atoms with Gasteiger partial charge in [0.1, 0.15) is 0 Å². The van der Waals surface area contributed by atoms with Gasteiger partial charge in [0.05, 0.1) is 18.8 Å². The lowest BCUT2D eigenvalue weighted by Crippen LogP contribution is -2.27. The number of hydrogen-bond donors (Lipinski definition) is 2. The molecule has 0 atom stereocenters. The summed E-state index contributed by atoms with van der Waals surface area (Å²) in [6.45, 7) is 2.02. The first-order chi connectivity index (χ1) is 8.94. The van der Waals surface area contributed by atoms with Crippen LogP contribution in [0.15, 0.2) is 24.3 Å². The summed E-state index contributed by atoms with van der Waals surface area (Å²) in [4.78, 5) is 11.1. The molecule has 19 heavy (non-hydrogen) atoms. The van der Waals surface area contributed by atoms with E-state index >= 15 is 0 Å². The molecule has 0 aliphatic heterocycles. The van der Waals surface area contributed by atoms with Crippen molar-refractivity contribution < 1.29 is 17.9 Å². The highest BCUT2D eigenvalue weighted by molar-refractivity contribution is 7.89. The Bertz CT molecular complexity index is 528. The maximum absolute atomic E-state index is 11.7. The summed E-state index contributed by atoms with van der Waals surface area (Å²) in [6, 6.07) is 6.98. The van der Waals surface area contributed by atoms with Crippen molar-refractivity contribution in [2.24, 2.45) is 0 Å². The Morgan fingerprint density at radius 3 is 2.68 bits per heavy atom. The van der Waals surface area contributed by atoms with Gasteiger partial charge in [-0.25, -0.2) is 13.1 Å². The molecule has 0 saturated carbocycles. The Morgan fingerprint density at radius 2 is 2.05 bits per heavy atom. The van der Waals surface area contributed by atoms with Crippen LogP contribution >= 0.6 is 0 Å². The van der Waals surface area contributed by atoms with Crippen LogP contribution in [0.3, 0.4) is 0 Å². The van der Waals surface area contributed by atoms with E-state index in [4.69, 9.17) is 5.73 Å². The number of nitrogen functional groups attached to an aromatic ring is 1. The van der Waals surface area contributed by atoms with Crippen molar-refractivity contribution in [3.05, 3.63) is 29.8 Å². The monoisotopic (exact) mass is 286 g/mol. The number of esters is 1. The normalized spacial score (nSPS) is 11.2. The van der Waals surface area contributed by atoms with Crippen molar-refractivity contribution in [1.29, 1.82) is 0 Å². The van der Waals surface area contributed by atoms with Crippen LogP contribution in [-0.4, -0.2) is 26.7 Å². The summed E-state index contributed by atoms with van der Waals surface area (Å²) in [7, 11) is -3.52. The third kappa shape index (κ3) is 5.71. The molecular weight excluding hydrogens is 268 g/mol. The summed E-state index contributed by atoms with van der Waals surface area (Å²) in [5.74, 6) is -0.814. The van der Waals surface area contributed by atoms with Gasteiger partial charge in [0.2, 0.25) is 10.0 Å². The van der Waals surface area contributed by atoms with Crippen LogP contribution in [0.25, 0.3) is 0 Å². The van der Waals surface area contributed by atoms with Crippen molar-refractivity contribution in [3.63, 3.8) is 0 Å². The SMILES string of the molecule is CCOC(=O)CCS(=O)(=O)NCc1ccccc1N. The highest BCUT2D eigenvalue weighted by atomic mass is 32.2. The van der Waals surface area contributed by atoms with Crippen LogP contribution in [-0.2, 0) is 26.1 Å². The Hall–Kier alpha value is -1.60. The van der Waals surface area contributed by atoms with Gasteiger partial charge in [-0.2, -0.15) is 0 Å². The maximum Gasteiger partial charge on any atom is 0.306 e. The van der Waals surface area contributed by atoms with Gasteiger partial charge >= 0.3 is 5.97 Å². The molecular formula is C12H18N2O4S. The molecule has 0 aliphatic carbocycles. The van der Waals surface area contributed by atoms with Crippen LogP contribution in [0.2, 0.25) is 0 Å². The van der Waals surface area contributed by atoms with Gasteiger partial charge in [0, 0.05) is 12.2 Å². The lowest BCUT2D eigenvalue weighted by atomic mass is 10.2. The fourth-order valence-corrected chi connectivity index (χ4v) is 2.36. The molecule has 1 aromatic carbocycles. The second-order valence-electron chi connectivity index (χ2n) is 3.89. The molecule has 3 N–H and O–H groups in total. The number of sulfonamides is 1. The fourth-order valence-electron chi connectivity index (χ4n) is 1.41. The number of para-hydroxylation sites is 1. The smallest absolute Gasteiger partial charge is 0.306 e. The van der Waals surface area contributed by atoms with Crippen LogP contribution in [0.4, 0.5) is 5.69 Å². The Morgan fingerprint density at radius 1 is 1.37 bits per heavy atom. The molecule has 0 saturated heterocycles. The first kappa shape index (κ1) is 15.5. The second-order valence-corrected chi connectivity index (χ2v) is 5.82. The van der Waals surface area contributed by atoms with E-state index in [-0.39, 0.29) is 25.3 Å². The zero-order chi connectivity index (χ0) is 14.3. The van der Waals surface area contributed by atoms with E-state index in [2.05, 4.69) is 9.46 Å². The molecule has 0 heterocycles. The Balaban J connectivity index is 2.47. The van der Waals surface area contributed by atoms with Crippen molar-refractivity contribution in [2.45, 2.75) is 19.9 Å². The maximum atomic E-state index is 11.7. The zero-order valence-electron chi connectivity index (χ0n) is 10.8. The third-order valence-electron chi connectivity index (χ3n) is 2.42. The molecule has 0 spiro atoms. The molecule has 7 heteroatoms. The molecule has 0 unspecified atom stereocenters. The summed E-state index contributed by atoms with van der Waals surface area (Å²) < 4.78 is 30.4. The van der Waals surface area contributed by atoms with Gasteiger partial charge in [-0.05, 0) is 18.6 Å². The highest BCUT2D eigenvalue weighted by Crippen LogP contribution is 2.10. The lowest BCUT2D eigenvalue weighted by molar-refractivity contribution is -0.142. The van der Waals surface area contributed by atoms with E-state index < -0.39 is 16.0 Å². The summed E-state index contributed by atoms with van der Waals surface area (Å²) >= 11 is 0. The number of benzene rings is 1. The van der Waals surface area contributed by atoms with E-state index in [0.29, 0.717) is 11.3 Å². The zero-order valence-corrected chi connectivity index (χ0v) is 11.6. The largest absolute Gasteiger partial charge is 0.466 e. The van der Waals surface area contributed by atoms with Gasteiger partial charge in [-0.1, -0.05) is 18.2 Å². The van der Waals surface area contributed by atoms with Crippen molar-refractivity contribution in [1.82, 2.24) is 4.72 Å². The third-order valence-corrected chi connectivity index (χ3v) is 3.74. The lowest BCUT2D eigenvalue weighted by Gasteiger charge is -2.08. The minimum Gasteiger partial charge on any atom is -0.466 e. The van der Waals surface area contributed by atoms with Crippen LogP contribution < -0.4 is 10.5 Å². The second kappa shape index (κ2) is 7.10. The average molecular weight is 286 g/mol. The minimum atomic E-state index is -3.52. The van der Waals surface area contributed by atoms with E-state index in [9.17, 15) is 13.2 Å². The van der Waals surface area contributed by atoms with Gasteiger partial charge in [-0.15, -0.1) is 0 Å². The van der Waals surface area contributed by atoms with Gasteiger partial charge in [0.25, 0.3) is 0 Å². The van der Waals surface area contributed by atoms with E-state index in [0.717, 1.165) is 0 Å². The molecule has 6 nitrogen and oxygen atoms in total. The molecule has 0 radical (unpaired) electrons. The van der Waals surface area contributed by atoms with Gasteiger partial charge in [-0.3, -0.25) is 4.79 Å². The van der Waals surface area contributed by atoms with Crippen molar-refractivity contribution in [2.75, 3.05) is 18.1 Å². The van der Waals surface area contributed by atoms with E-state index in [1.165, 1.54) is 0 Å². The number of rotatable bonds is 7.